The van der Waals surface area contributed by atoms with Crippen LogP contribution in [0.1, 0.15) is 60.0 Å². The molecule has 2 aromatic rings. The van der Waals surface area contributed by atoms with Gasteiger partial charge < -0.3 is 10.1 Å². The van der Waals surface area contributed by atoms with E-state index < -0.39 is 0 Å². The highest BCUT2D eigenvalue weighted by Gasteiger charge is 2.32. The number of hydrogen-bond donors (Lipinski definition) is 1. The minimum Gasteiger partial charge on any atom is -0.351 e. The second-order valence-corrected chi connectivity index (χ2v) is 7.42. The summed E-state index contributed by atoms with van der Waals surface area (Å²) in [6.45, 7) is 0.527. The Kier molecular flexibility index (Phi) is 6.60. The molecule has 1 aliphatic rings. The summed E-state index contributed by atoms with van der Waals surface area (Å²) in [6.07, 6.45) is 6.85. The molecular weight excluding hydrogens is 353 g/mol. The third-order valence-corrected chi connectivity index (χ3v) is 5.42. The van der Waals surface area contributed by atoms with Gasteiger partial charge in [0.15, 0.2) is 0 Å². The number of carbonyl (C=O) groups excluding carboxylic acids is 2. The van der Waals surface area contributed by atoms with Gasteiger partial charge in [0, 0.05) is 24.1 Å². The number of amides is 1. The summed E-state index contributed by atoms with van der Waals surface area (Å²) in [7, 11) is 0. The van der Waals surface area contributed by atoms with Crippen molar-refractivity contribution in [1.82, 2.24) is 5.32 Å². The van der Waals surface area contributed by atoms with Crippen LogP contribution in [0.4, 0.5) is 4.39 Å². The monoisotopic (exact) mass is 377 g/mol. The maximum Gasteiger partial charge on any atom is 0.251 e. The second-order valence-electron chi connectivity index (χ2n) is 7.42. The molecule has 0 aromatic heterocycles. The summed E-state index contributed by atoms with van der Waals surface area (Å²) in [5, 5.41) is 3.00. The van der Waals surface area contributed by atoms with Crippen LogP contribution in [0.2, 0.25) is 0 Å². The number of benzene rings is 2. The van der Waals surface area contributed by atoms with Crippen LogP contribution in [0, 0.1) is 23.1 Å². The van der Waals surface area contributed by atoms with Crippen molar-refractivity contribution in [3.05, 3.63) is 71.0 Å². The van der Waals surface area contributed by atoms with Crippen molar-refractivity contribution in [2.45, 2.75) is 38.5 Å². The molecule has 1 saturated carbocycles. The molecule has 1 fully saturated rings. The predicted molar refractivity (Wildman–Crippen MR) is 107 cm³/mol. The van der Waals surface area contributed by atoms with Crippen LogP contribution in [-0.4, -0.2) is 18.7 Å². The van der Waals surface area contributed by atoms with Gasteiger partial charge in [0.1, 0.15) is 12.1 Å². The first-order chi connectivity index (χ1) is 13.6. The van der Waals surface area contributed by atoms with Crippen LogP contribution in [0.5, 0.6) is 0 Å². The van der Waals surface area contributed by atoms with Gasteiger partial charge in [0.2, 0.25) is 0 Å². The van der Waals surface area contributed by atoms with E-state index in [9.17, 15) is 14.0 Å². The Balaban J connectivity index is 1.62. The molecule has 1 aliphatic carbocycles. The highest BCUT2D eigenvalue weighted by Crippen LogP contribution is 2.38. The quantitative estimate of drug-likeness (QED) is 0.616. The fourth-order valence-corrected chi connectivity index (χ4v) is 3.71. The molecule has 0 unspecified atom stereocenters. The van der Waals surface area contributed by atoms with Crippen molar-refractivity contribution in [3.8, 4) is 11.8 Å². The number of aldehydes is 1. The highest BCUT2D eigenvalue weighted by atomic mass is 19.1. The van der Waals surface area contributed by atoms with Crippen molar-refractivity contribution in [1.29, 1.82) is 0 Å². The van der Waals surface area contributed by atoms with E-state index >= 15 is 0 Å². The van der Waals surface area contributed by atoms with Gasteiger partial charge >= 0.3 is 0 Å². The lowest BCUT2D eigenvalue weighted by Crippen LogP contribution is -2.39. The zero-order valence-electron chi connectivity index (χ0n) is 15.8. The molecule has 28 heavy (non-hydrogen) atoms. The Morgan fingerprint density at radius 3 is 2.43 bits per heavy atom. The average molecular weight is 377 g/mol. The summed E-state index contributed by atoms with van der Waals surface area (Å²) in [5.41, 5.74) is 1.51. The molecule has 144 valence electrons. The molecule has 0 bridgehead atoms. The Morgan fingerprint density at radius 2 is 1.75 bits per heavy atom. The van der Waals surface area contributed by atoms with E-state index in [0.29, 0.717) is 29.7 Å². The van der Waals surface area contributed by atoms with Crippen LogP contribution in [0.25, 0.3) is 0 Å². The lowest BCUT2D eigenvalue weighted by Gasteiger charge is -2.36. The van der Waals surface area contributed by atoms with E-state index in [1.807, 2.05) is 0 Å². The lowest BCUT2D eigenvalue weighted by molar-refractivity contribution is -0.110. The number of rotatable bonds is 5. The van der Waals surface area contributed by atoms with Crippen molar-refractivity contribution in [2.75, 3.05) is 6.54 Å². The zero-order chi connectivity index (χ0) is 19.8. The fourth-order valence-electron chi connectivity index (χ4n) is 3.71. The summed E-state index contributed by atoms with van der Waals surface area (Å²) in [6, 6.07) is 13.3. The smallest absolute Gasteiger partial charge is 0.251 e. The van der Waals surface area contributed by atoms with Crippen molar-refractivity contribution in [3.63, 3.8) is 0 Å². The normalized spacial score (nSPS) is 15.2. The van der Waals surface area contributed by atoms with Gasteiger partial charge in [0.25, 0.3) is 5.91 Å². The standard InChI is InChI=1S/C24H24FNO2/c25-22-7-3-2-6-20(22)11-8-19-9-12-21(13-10-19)23(28)26-18-24(16-17-27)14-4-1-5-15-24/h2-3,6-7,9-10,12-13,17H,1,4-5,14-16,18H2,(H,26,28). The molecule has 0 saturated heterocycles. The molecule has 1 N–H and O–H groups in total. The molecule has 1 amide bonds. The number of nitrogens with one attached hydrogen (secondary N) is 1. The third-order valence-electron chi connectivity index (χ3n) is 5.42. The van der Waals surface area contributed by atoms with Gasteiger partial charge in [-0.2, -0.15) is 0 Å². The van der Waals surface area contributed by atoms with Gasteiger partial charge in [-0.15, -0.1) is 0 Å². The van der Waals surface area contributed by atoms with Gasteiger partial charge in [0.05, 0.1) is 5.56 Å². The van der Waals surface area contributed by atoms with E-state index in [2.05, 4.69) is 17.2 Å². The summed E-state index contributed by atoms with van der Waals surface area (Å²) in [4.78, 5) is 23.6. The Labute approximate surface area is 165 Å². The largest absolute Gasteiger partial charge is 0.351 e. The summed E-state index contributed by atoms with van der Waals surface area (Å²) >= 11 is 0. The molecule has 0 spiro atoms. The van der Waals surface area contributed by atoms with E-state index in [1.54, 1.807) is 42.5 Å². The van der Waals surface area contributed by atoms with Gasteiger partial charge in [-0.25, -0.2) is 4.39 Å². The predicted octanol–water partition coefficient (Wildman–Crippen LogP) is 4.49. The maximum absolute atomic E-state index is 13.6. The maximum atomic E-state index is 13.6. The van der Waals surface area contributed by atoms with Gasteiger partial charge in [-0.1, -0.05) is 43.2 Å². The highest BCUT2D eigenvalue weighted by molar-refractivity contribution is 5.94. The van der Waals surface area contributed by atoms with E-state index in [0.717, 1.165) is 32.0 Å². The minimum absolute atomic E-state index is 0.0964. The Bertz CT molecular complexity index is 887. The van der Waals surface area contributed by atoms with Gasteiger partial charge in [-0.05, 0) is 54.7 Å². The van der Waals surface area contributed by atoms with Crippen molar-refractivity contribution < 1.29 is 14.0 Å². The van der Waals surface area contributed by atoms with Crippen LogP contribution in [0.3, 0.4) is 0 Å². The molecule has 3 nitrogen and oxygen atoms in total. The van der Waals surface area contributed by atoms with E-state index in [4.69, 9.17) is 0 Å². The summed E-state index contributed by atoms with van der Waals surface area (Å²) in [5.74, 6) is 5.22. The first-order valence-electron chi connectivity index (χ1n) is 9.70. The van der Waals surface area contributed by atoms with Crippen molar-refractivity contribution >= 4 is 12.2 Å². The average Bonchev–Trinajstić information content (AvgIpc) is 2.73. The van der Waals surface area contributed by atoms with Crippen LogP contribution < -0.4 is 5.32 Å². The molecule has 0 radical (unpaired) electrons. The number of hydrogen-bond acceptors (Lipinski definition) is 2. The molecule has 2 aromatic carbocycles. The SMILES string of the molecule is O=CCC1(CNC(=O)c2ccc(C#Cc3ccccc3F)cc2)CCCCC1. The van der Waals surface area contributed by atoms with E-state index in [-0.39, 0.29) is 17.1 Å². The topological polar surface area (TPSA) is 46.2 Å². The summed E-state index contributed by atoms with van der Waals surface area (Å²) < 4.78 is 13.6. The molecular formula is C24H24FNO2. The first kappa shape index (κ1) is 19.8. The number of carbonyl (C=O) groups is 2. The second kappa shape index (κ2) is 9.32. The molecule has 4 heteroatoms. The van der Waals surface area contributed by atoms with Crippen LogP contribution in [-0.2, 0) is 4.79 Å². The first-order valence-corrected chi connectivity index (χ1v) is 9.70. The third kappa shape index (κ3) is 5.07. The Morgan fingerprint density at radius 1 is 1.04 bits per heavy atom. The van der Waals surface area contributed by atoms with Gasteiger partial charge in [-0.3, -0.25) is 4.79 Å². The van der Waals surface area contributed by atoms with E-state index in [1.165, 1.54) is 12.5 Å². The van der Waals surface area contributed by atoms with Crippen molar-refractivity contribution in [2.24, 2.45) is 5.41 Å². The molecule has 0 aliphatic heterocycles. The zero-order valence-corrected chi connectivity index (χ0v) is 15.8. The minimum atomic E-state index is -0.349. The van der Waals surface area contributed by atoms with Crippen LogP contribution in [0.15, 0.2) is 48.5 Å². The fraction of sp³-hybridized carbons (Fsp3) is 0.333. The molecule has 3 rings (SSSR count). The molecule has 0 heterocycles. The van der Waals surface area contributed by atoms with Crippen LogP contribution >= 0.6 is 0 Å². The number of halogens is 1. The lowest BCUT2D eigenvalue weighted by atomic mass is 9.72. The molecule has 0 atom stereocenters. The Hall–Kier alpha value is -2.93.